The molecule has 3 fully saturated rings. The summed E-state index contributed by atoms with van der Waals surface area (Å²) in [6.07, 6.45) is 8.16. The van der Waals surface area contributed by atoms with Gasteiger partial charge >= 0.3 is 0 Å². The van der Waals surface area contributed by atoms with Gasteiger partial charge in [-0.15, -0.1) is 0 Å². The number of hydrogen-bond acceptors (Lipinski definition) is 6. The normalized spacial score (nSPS) is 28.5. The Labute approximate surface area is 237 Å². The van der Waals surface area contributed by atoms with Gasteiger partial charge in [0, 0.05) is 19.1 Å². The van der Waals surface area contributed by atoms with Gasteiger partial charge < -0.3 is 20.9 Å². The Morgan fingerprint density at radius 2 is 1.75 bits per heavy atom. The molecule has 6 atom stereocenters. The Morgan fingerprint density at radius 3 is 2.45 bits per heavy atom. The van der Waals surface area contributed by atoms with Crippen LogP contribution in [0, 0.1) is 11.8 Å². The number of benzene rings is 1. The Kier molecular flexibility index (Phi) is 8.54. The lowest BCUT2D eigenvalue weighted by Gasteiger charge is -2.36. The standard InChI is InChI=1S/C29H43N5O5S/c1-18(30-2)27(35)32-25(20-10-5-4-6-11-20)29(37)33-16-15-24-26(33)22(17-34(24)40(3,38)39)28(36)31-23-14-13-19-9-7-8-12-21(19)23/h7-9,12,18,20,22-26,30H,4-6,10-11,13-17H2,1-3H3,(H,31,36)(H,32,35)/t18-,22-,23+,24+,25-,26+/m0/s1. The third kappa shape index (κ3) is 5.65. The Balaban J connectivity index is 1.41. The summed E-state index contributed by atoms with van der Waals surface area (Å²) < 4.78 is 27.0. The number of fused-ring (bicyclic) bond motifs is 2. The molecular weight excluding hydrogens is 530 g/mol. The highest BCUT2D eigenvalue weighted by Gasteiger charge is 2.56. The molecule has 2 aliphatic heterocycles. The summed E-state index contributed by atoms with van der Waals surface area (Å²) in [6, 6.07) is 5.77. The number of sulfonamides is 1. The number of aryl methyl sites for hydroxylation is 1. The molecule has 1 aromatic carbocycles. The van der Waals surface area contributed by atoms with Gasteiger partial charge in [-0.1, -0.05) is 43.5 Å². The van der Waals surface area contributed by atoms with Gasteiger partial charge in [0.25, 0.3) is 0 Å². The number of likely N-dealkylation sites (tertiary alicyclic amines) is 1. The molecule has 3 N–H and O–H groups in total. The number of hydrogen-bond donors (Lipinski definition) is 3. The summed E-state index contributed by atoms with van der Waals surface area (Å²) in [5.74, 6) is -1.32. The summed E-state index contributed by atoms with van der Waals surface area (Å²) in [6.45, 7) is 2.17. The second kappa shape index (κ2) is 11.8. The lowest BCUT2D eigenvalue weighted by molar-refractivity contribution is -0.141. The zero-order valence-electron chi connectivity index (χ0n) is 23.8. The summed E-state index contributed by atoms with van der Waals surface area (Å²) >= 11 is 0. The van der Waals surface area contributed by atoms with E-state index in [1.807, 2.05) is 18.2 Å². The second-order valence-corrected chi connectivity index (χ2v) is 13.9. The van der Waals surface area contributed by atoms with E-state index < -0.39 is 40.1 Å². The maximum absolute atomic E-state index is 14.3. The molecule has 220 valence electrons. The maximum Gasteiger partial charge on any atom is 0.245 e. The van der Waals surface area contributed by atoms with Gasteiger partial charge in [0.05, 0.1) is 30.3 Å². The molecule has 40 heavy (non-hydrogen) atoms. The minimum Gasteiger partial charge on any atom is -0.349 e. The Bertz CT molecular complexity index is 1230. The van der Waals surface area contributed by atoms with E-state index in [2.05, 4.69) is 22.0 Å². The van der Waals surface area contributed by atoms with Crippen LogP contribution in [0.15, 0.2) is 24.3 Å². The van der Waals surface area contributed by atoms with E-state index in [0.29, 0.717) is 13.0 Å². The first kappa shape index (κ1) is 29.0. The van der Waals surface area contributed by atoms with Crippen LogP contribution < -0.4 is 16.0 Å². The predicted molar refractivity (Wildman–Crippen MR) is 152 cm³/mol. The van der Waals surface area contributed by atoms with Crippen molar-refractivity contribution in [2.45, 2.75) is 88.5 Å². The molecule has 2 aliphatic carbocycles. The molecular formula is C29H43N5O5S. The van der Waals surface area contributed by atoms with E-state index in [9.17, 15) is 22.8 Å². The van der Waals surface area contributed by atoms with Gasteiger partial charge in [0.2, 0.25) is 27.7 Å². The number of amides is 3. The summed E-state index contributed by atoms with van der Waals surface area (Å²) in [5.41, 5.74) is 2.32. The molecule has 4 aliphatic rings. The van der Waals surface area contributed by atoms with Crippen LogP contribution in [0.2, 0.25) is 0 Å². The molecule has 0 unspecified atom stereocenters. The van der Waals surface area contributed by atoms with E-state index in [1.165, 1.54) is 16.1 Å². The SMILES string of the molecule is CN[C@@H](C)C(=O)N[C@H](C(=O)N1CC[C@@H]2[C@H]1[C@@H](C(=O)N[C@@H]1CCc3ccccc31)CN2S(C)(=O)=O)C1CCCCC1. The Hall–Kier alpha value is -2.50. The summed E-state index contributed by atoms with van der Waals surface area (Å²) in [5, 5.41) is 9.16. The van der Waals surface area contributed by atoms with E-state index >= 15 is 0 Å². The van der Waals surface area contributed by atoms with Crippen LogP contribution in [-0.2, 0) is 30.8 Å². The topological polar surface area (TPSA) is 128 Å². The van der Waals surface area contributed by atoms with Crippen molar-refractivity contribution in [2.75, 3.05) is 26.4 Å². The number of carbonyl (C=O) groups excluding carboxylic acids is 3. The van der Waals surface area contributed by atoms with Gasteiger partial charge in [-0.2, -0.15) is 4.31 Å². The van der Waals surface area contributed by atoms with Crippen molar-refractivity contribution in [3.63, 3.8) is 0 Å². The minimum atomic E-state index is -3.59. The van der Waals surface area contributed by atoms with Gasteiger partial charge in [0.1, 0.15) is 6.04 Å². The molecule has 2 saturated heterocycles. The molecule has 2 heterocycles. The number of rotatable bonds is 8. The molecule has 0 aromatic heterocycles. The average Bonchev–Trinajstić information content (AvgIpc) is 3.65. The number of nitrogens with one attached hydrogen (secondary N) is 3. The molecule has 10 nitrogen and oxygen atoms in total. The fraction of sp³-hybridized carbons (Fsp3) is 0.690. The van der Waals surface area contributed by atoms with Crippen LogP contribution in [0.4, 0.5) is 0 Å². The van der Waals surface area contributed by atoms with Crippen molar-refractivity contribution in [3.8, 4) is 0 Å². The van der Waals surface area contributed by atoms with Crippen molar-refractivity contribution in [1.82, 2.24) is 25.2 Å². The molecule has 0 spiro atoms. The lowest BCUT2D eigenvalue weighted by atomic mass is 9.83. The maximum atomic E-state index is 14.3. The van der Waals surface area contributed by atoms with E-state index in [0.717, 1.165) is 50.5 Å². The van der Waals surface area contributed by atoms with Crippen LogP contribution in [0.25, 0.3) is 0 Å². The molecule has 11 heteroatoms. The van der Waals surface area contributed by atoms with Crippen LogP contribution in [-0.4, -0.2) is 85.9 Å². The van der Waals surface area contributed by atoms with Gasteiger partial charge in [-0.25, -0.2) is 8.42 Å². The second-order valence-electron chi connectivity index (χ2n) is 12.0. The molecule has 0 bridgehead atoms. The van der Waals surface area contributed by atoms with E-state index in [1.54, 1.807) is 18.9 Å². The molecule has 0 radical (unpaired) electrons. The quantitative estimate of drug-likeness (QED) is 0.431. The lowest BCUT2D eigenvalue weighted by Crippen LogP contribution is -2.58. The number of nitrogens with zero attached hydrogens (tertiary/aromatic N) is 2. The minimum absolute atomic E-state index is 0.0167. The fourth-order valence-electron chi connectivity index (χ4n) is 7.33. The monoisotopic (exact) mass is 573 g/mol. The largest absolute Gasteiger partial charge is 0.349 e. The Morgan fingerprint density at radius 1 is 1.02 bits per heavy atom. The highest BCUT2D eigenvalue weighted by Crippen LogP contribution is 2.40. The third-order valence-electron chi connectivity index (χ3n) is 9.59. The van der Waals surface area contributed by atoms with E-state index in [-0.39, 0.29) is 36.2 Å². The zero-order valence-corrected chi connectivity index (χ0v) is 24.6. The first-order valence-electron chi connectivity index (χ1n) is 14.7. The average molecular weight is 574 g/mol. The summed E-state index contributed by atoms with van der Waals surface area (Å²) in [7, 11) is -1.88. The molecule has 1 aromatic rings. The highest BCUT2D eigenvalue weighted by molar-refractivity contribution is 7.88. The van der Waals surface area contributed by atoms with Crippen molar-refractivity contribution >= 4 is 27.7 Å². The summed E-state index contributed by atoms with van der Waals surface area (Å²) in [4.78, 5) is 42.7. The van der Waals surface area contributed by atoms with Crippen molar-refractivity contribution < 1.29 is 22.8 Å². The van der Waals surface area contributed by atoms with E-state index in [4.69, 9.17) is 0 Å². The molecule has 1 saturated carbocycles. The van der Waals surface area contributed by atoms with Gasteiger partial charge in [-0.3, -0.25) is 14.4 Å². The third-order valence-corrected chi connectivity index (χ3v) is 10.9. The van der Waals surface area contributed by atoms with Gasteiger partial charge in [-0.05, 0) is 63.1 Å². The number of carbonyl (C=O) groups is 3. The van der Waals surface area contributed by atoms with Crippen molar-refractivity contribution in [2.24, 2.45) is 11.8 Å². The smallest absolute Gasteiger partial charge is 0.245 e. The van der Waals surface area contributed by atoms with Crippen LogP contribution in [0.5, 0.6) is 0 Å². The molecule has 3 amide bonds. The first-order chi connectivity index (χ1) is 19.1. The molecule has 5 rings (SSSR count). The highest BCUT2D eigenvalue weighted by atomic mass is 32.2. The predicted octanol–water partition coefficient (Wildman–Crippen LogP) is 1.32. The van der Waals surface area contributed by atoms with Crippen LogP contribution in [0.3, 0.4) is 0 Å². The van der Waals surface area contributed by atoms with Crippen LogP contribution in [0.1, 0.15) is 69.0 Å². The fourth-order valence-corrected chi connectivity index (χ4v) is 8.49. The van der Waals surface area contributed by atoms with Crippen molar-refractivity contribution in [3.05, 3.63) is 35.4 Å². The zero-order chi connectivity index (χ0) is 28.6. The van der Waals surface area contributed by atoms with Gasteiger partial charge in [0.15, 0.2) is 0 Å². The van der Waals surface area contributed by atoms with Crippen molar-refractivity contribution in [1.29, 1.82) is 0 Å². The first-order valence-corrected chi connectivity index (χ1v) is 16.6. The number of likely N-dealkylation sites (N-methyl/N-ethyl adjacent to an activating group) is 1. The van der Waals surface area contributed by atoms with Crippen LogP contribution >= 0.6 is 0 Å².